The van der Waals surface area contributed by atoms with Crippen molar-refractivity contribution < 1.29 is 19.0 Å². The van der Waals surface area contributed by atoms with E-state index < -0.39 is 0 Å². The van der Waals surface area contributed by atoms with Crippen molar-refractivity contribution in [3.05, 3.63) is 59.2 Å². The lowest BCUT2D eigenvalue weighted by Crippen LogP contribution is -2.08. The summed E-state index contributed by atoms with van der Waals surface area (Å²) in [6.45, 7) is 0. The fourth-order valence-corrected chi connectivity index (χ4v) is 4.07. The molecule has 0 atom stereocenters. The number of nitrogens with two attached hydrogens (primary N) is 1. The Balaban J connectivity index is 1.99. The van der Waals surface area contributed by atoms with Crippen molar-refractivity contribution >= 4 is 23.4 Å². The number of Topliss-reactive ketones (excluding diaryl/α,β-unsaturated/α-hetero) is 1. The summed E-state index contributed by atoms with van der Waals surface area (Å²) in [4.78, 5) is 17.1. The highest BCUT2D eigenvalue weighted by Crippen LogP contribution is 2.36. The minimum atomic E-state index is -0.223. The highest BCUT2D eigenvalue weighted by Gasteiger charge is 2.22. The molecule has 0 radical (unpaired) electrons. The van der Waals surface area contributed by atoms with Crippen LogP contribution in [0.1, 0.15) is 21.5 Å². The zero-order chi connectivity index (χ0) is 24.0. The number of ketones is 1. The summed E-state index contributed by atoms with van der Waals surface area (Å²) in [5, 5.41) is 19.8. The Labute approximate surface area is 195 Å². The zero-order valence-electron chi connectivity index (χ0n) is 18.2. The van der Waals surface area contributed by atoms with Gasteiger partial charge in [0.1, 0.15) is 45.8 Å². The van der Waals surface area contributed by atoms with Crippen LogP contribution in [0.2, 0.25) is 0 Å². The van der Waals surface area contributed by atoms with Gasteiger partial charge in [0.25, 0.3) is 0 Å². The molecule has 3 aromatic rings. The molecule has 0 aliphatic carbocycles. The van der Waals surface area contributed by atoms with Crippen LogP contribution in [0, 0.1) is 22.7 Å². The zero-order valence-corrected chi connectivity index (χ0v) is 19.0. The second kappa shape index (κ2) is 10.4. The normalized spacial score (nSPS) is 10.1. The molecular weight excluding hydrogens is 440 g/mol. The van der Waals surface area contributed by atoms with Crippen molar-refractivity contribution in [2.24, 2.45) is 0 Å². The molecule has 0 bridgehead atoms. The first kappa shape index (κ1) is 23.5. The van der Waals surface area contributed by atoms with Crippen molar-refractivity contribution in [1.82, 2.24) is 4.98 Å². The van der Waals surface area contributed by atoms with E-state index in [1.165, 1.54) is 14.2 Å². The van der Waals surface area contributed by atoms with Crippen LogP contribution < -0.4 is 19.9 Å². The fourth-order valence-electron chi connectivity index (χ4n) is 3.19. The number of nitriles is 2. The van der Waals surface area contributed by atoms with Gasteiger partial charge in [0.05, 0.1) is 38.2 Å². The van der Waals surface area contributed by atoms with E-state index in [1.54, 1.807) is 49.6 Å². The van der Waals surface area contributed by atoms with Gasteiger partial charge >= 0.3 is 0 Å². The number of aromatic nitrogens is 1. The minimum Gasteiger partial charge on any atom is -0.497 e. The van der Waals surface area contributed by atoms with E-state index in [9.17, 15) is 15.3 Å². The number of benzene rings is 2. The predicted molar refractivity (Wildman–Crippen MR) is 125 cm³/mol. The molecule has 1 aromatic heterocycles. The summed E-state index contributed by atoms with van der Waals surface area (Å²) in [7, 11) is 4.54. The van der Waals surface area contributed by atoms with Crippen LogP contribution >= 0.6 is 11.8 Å². The number of carbonyl (C=O) groups is 1. The summed E-state index contributed by atoms with van der Waals surface area (Å²) >= 11 is 1.07. The highest BCUT2D eigenvalue weighted by atomic mass is 32.2. The molecule has 8 nitrogen and oxygen atoms in total. The van der Waals surface area contributed by atoms with Crippen LogP contribution in [0.25, 0.3) is 11.1 Å². The first-order chi connectivity index (χ1) is 16.0. The molecule has 3 rings (SSSR count). The van der Waals surface area contributed by atoms with Gasteiger partial charge in [0.2, 0.25) is 0 Å². The van der Waals surface area contributed by atoms with E-state index >= 15 is 0 Å². The Bertz CT molecular complexity index is 1280. The summed E-state index contributed by atoms with van der Waals surface area (Å²) in [5.41, 5.74) is 7.68. The van der Waals surface area contributed by atoms with Crippen molar-refractivity contribution in [1.29, 1.82) is 10.5 Å². The second-order valence-corrected chi connectivity index (χ2v) is 7.62. The minimum absolute atomic E-state index is 0.0145. The summed E-state index contributed by atoms with van der Waals surface area (Å²) in [6, 6.07) is 16.0. The number of hydrogen-bond donors (Lipinski definition) is 1. The molecular formula is C24H20N4O4S. The van der Waals surface area contributed by atoms with Crippen LogP contribution in [-0.2, 0) is 0 Å². The Hall–Kier alpha value is -4.21. The topological polar surface area (TPSA) is 131 Å². The molecule has 2 aromatic carbocycles. The van der Waals surface area contributed by atoms with E-state index in [1.807, 2.05) is 6.07 Å². The molecule has 0 saturated carbocycles. The molecule has 0 unspecified atom stereocenters. The van der Waals surface area contributed by atoms with Crippen LogP contribution in [0.4, 0.5) is 5.82 Å². The fraction of sp³-hybridized carbons (Fsp3) is 0.167. The molecule has 0 aliphatic rings. The summed E-state index contributed by atoms with van der Waals surface area (Å²) in [6.07, 6.45) is 0. The van der Waals surface area contributed by atoms with E-state index in [4.69, 9.17) is 19.9 Å². The first-order valence-electron chi connectivity index (χ1n) is 9.63. The van der Waals surface area contributed by atoms with Gasteiger partial charge in [0.15, 0.2) is 5.78 Å². The molecule has 1 heterocycles. The predicted octanol–water partition coefficient (Wildman–Crippen LogP) is 4.07. The van der Waals surface area contributed by atoms with Crippen LogP contribution in [-0.4, -0.2) is 37.8 Å². The lowest BCUT2D eigenvalue weighted by molar-refractivity contribution is 0.101. The number of pyridine rings is 1. The third kappa shape index (κ3) is 4.84. The molecule has 33 heavy (non-hydrogen) atoms. The Kier molecular flexibility index (Phi) is 7.39. The maximum atomic E-state index is 12.9. The molecule has 0 amide bonds. The number of rotatable bonds is 8. The number of carbonyl (C=O) groups excluding carboxylic acids is 1. The van der Waals surface area contributed by atoms with Gasteiger partial charge in [0, 0.05) is 11.6 Å². The van der Waals surface area contributed by atoms with Gasteiger partial charge in [-0.1, -0.05) is 23.9 Å². The molecule has 2 N–H and O–H groups in total. The van der Waals surface area contributed by atoms with Crippen molar-refractivity contribution in [3.8, 4) is 40.5 Å². The molecule has 0 spiro atoms. The van der Waals surface area contributed by atoms with Gasteiger partial charge in [-0.15, -0.1) is 0 Å². The molecule has 9 heteroatoms. The Morgan fingerprint density at radius 1 is 0.970 bits per heavy atom. The third-order valence-electron chi connectivity index (χ3n) is 4.84. The van der Waals surface area contributed by atoms with Crippen LogP contribution in [0.3, 0.4) is 0 Å². The third-order valence-corrected chi connectivity index (χ3v) is 5.82. The Morgan fingerprint density at radius 2 is 1.61 bits per heavy atom. The molecule has 0 fully saturated rings. The van der Waals surface area contributed by atoms with E-state index in [0.29, 0.717) is 33.9 Å². The smallest absolute Gasteiger partial charge is 0.176 e. The van der Waals surface area contributed by atoms with Crippen molar-refractivity contribution in [2.75, 3.05) is 32.8 Å². The quantitative estimate of drug-likeness (QED) is 0.390. The molecule has 166 valence electrons. The summed E-state index contributed by atoms with van der Waals surface area (Å²) in [5.74, 6) is 1.32. The van der Waals surface area contributed by atoms with Crippen LogP contribution in [0.15, 0.2) is 47.5 Å². The van der Waals surface area contributed by atoms with E-state index in [2.05, 4.69) is 11.1 Å². The van der Waals surface area contributed by atoms with E-state index in [-0.39, 0.29) is 33.5 Å². The standard InChI is InChI=1S/C24H20N4O4S/c1-30-15-6-4-14(5-7-15)22-18(11-25)23(27)28-24(19(22)12-26)33-13-20(29)17-9-8-16(31-2)10-21(17)32-3/h4-10H,13H2,1-3H3,(H2,27,28). The monoisotopic (exact) mass is 460 g/mol. The maximum Gasteiger partial charge on any atom is 0.176 e. The van der Waals surface area contributed by atoms with E-state index in [0.717, 1.165) is 11.8 Å². The van der Waals surface area contributed by atoms with Gasteiger partial charge in [-0.2, -0.15) is 10.5 Å². The number of thioether (sulfide) groups is 1. The molecule has 0 aliphatic heterocycles. The van der Waals surface area contributed by atoms with Gasteiger partial charge in [-0.3, -0.25) is 4.79 Å². The second-order valence-electron chi connectivity index (χ2n) is 6.66. The summed E-state index contributed by atoms with van der Waals surface area (Å²) < 4.78 is 15.7. The lowest BCUT2D eigenvalue weighted by Gasteiger charge is -2.14. The van der Waals surface area contributed by atoms with Crippen molar-refractivity contribution in [2.45, 2.75) is 5.03 Å². The largest absolute Gasteiger partial charge is 0.497 e. The lowest BCUT2D eigenvalue weighted by atomic mass is 9.97. The average Bonchev–Trinajstić information content (AvgIpc) is 2.86. The number of anilines is 1. The number of ether oxygens (including phenoxy) is 3. The number of nitrogen functional groups attached to an aromatic ring is 1. The number of methoxy groups -OCH3 is 3. The van der Waals surface area contributed by atoms with Crippen LogP contribution in [0.5, 0.6) is 17.2 Å². The SMILES string of the molecule is COc1ccc(-c2c(C#N)c(N)nc(SCC(=O)c3ccc(OC)cc3OC)c2C#N)cc1. The Morgan fingerprint density at radius 3 is 2.18 bits per heavy atom. The van der Waals surface area contributed by atoms with Gasteiger partial charge in [-0.25, -0.2) is 4.98 Å². The number of hydrogen-bond acceptors (Lipinski definition) is 9. The maximum absolute atomic E-state index is 12.9. The average molecular weight is 461 g/mol. The first-order valence-corrected chi connectivity index (χ1v) is 10.6. The number of nitrogens with zero attached hydrogens (tertiary/aromatic N) is 3. The van der Waals surface area contributed by atoms with Gasteiger partial charge < -0.3 is 19.9 Å². The highest BCUT2D eigenvalue weighted by molar-refractivity contribution is 8.00. The van der Waals surface area contributed by atoms with Gasteiger partial charge in [-0.05, 0) is 29.8 Å². The molecule has 0 saturated heterocycles. The van der Waals surface area contributed by atoms with Crippen molar-refractivity contribution in [3.63, 3.8) is 0 Å².